The summed E-state index contributed by atoms with van der Waals surface area (Å²) in [5, 5.41) is 11.3. The van der Waals surface area contributed by atoms with E-state index < -0.39 is 41.8 Å². The second-order valence-corrected chi connectivity index (χ2v) is 5.66. The van der Waals surface area contributed by atoms with Gasteiger partial charge in [0.25, 0.3) is 0 Å². The van der Waals surface area contributed by atoms with Crippen LogP contribution in [0.3, 0.4) is 0 Å². The lowest BCUT2D eigenvalue weighted by molar-refractivity contribution is -0.181. The first-order valence-electron chi connectivity index (χ1n) is 7.75. The highest BCUT2D eigenvalue weighted by Gasteiger charge is 2.60. The van der Waals surface area contributed by atoms with Gasteiger partial charge in [-0.1, -0.05) is 12.1 Å². The maximum atomic E-state index is 12.4. The highest BCUT2D eigenvalue weighted by molar-refractivity contribution is 5.90. The van der Waals surface area contributed by atoms with Crippen molar-refractivity contribution in [3.05, 3.63) is 29.8 Å². The summed E-state index contributed by atoms with van der Waals surface area (Å²) in [6.45, 7) is 0. The van der Waals surface area contributed by atoms with E-state index in [1.165, 1.54) is 7.11 Å². The number of nitrogens with zero attached hydrogens (tertiary/aromatic N) is 1. The smallest absolute Gasteiger partial charge is 0.326 e. The van der Waals surface area contributed by atoms with E-state index in [4.69, 9.17) is 18.9 Å². The van der Waals surface area contributed by atoms with Gasteiger partial charge in [-0.3, -0.25) is 14.4 Å². The molecule has 1 fully saturated rings. The van der Waals surface area contributed by atoms with Gasteiger partial charge in [-0.25, -0.2) is 0 Å². The van der Waals surface area contributed by atoms with Crippen molar-refractivity contribution in [1.82, 2.24) is 5.06 Å². The van der Waals surface area contributed by atoms with E-state index in [1.54, 1.807) is 24.3 Å². The number of ether oxygens (including phenoxy) is 4. The van der Waals surface area contributed by atoms with Crippen LogP contribution in [0.25, 0.3) is 0 Å². The van der Waals surface area contributed by atoms with E-state index in [9.17, 15) is 19.6 Å². The first kappa shape index (κ1) is 19.7. The fraction of sp³-hybridized carbons (Fsp3) is 0.471. The number of esters is 3. The van der Waals surface area contributed by atoms with Crippen molar-refractivity contribution in [2.24, 2.45) is 11.8 Å². The Morgan fingerprint density at radius 1 is 0.846 bits per heavy atom. The summed E-state index contributed by atoms with van der Waals surface area (Å²) in [4.78, 5) is 36.9. The first-order valence-corrected chi connectivity index (χ1v) is 7.75. The Morgan fingerprint density at radius 3 is 1.81 bits per heavy atom. The number of carbonyl (C=O) groups is 3. The lowest BCUT2D eigenvalue weighted by Crippen LogP contribution is -2.43. The molecule has 2 rings (SSSR count). The lowest BCUT2D eigenvalue weighted by Gasteiger charge is -2.24. The summed E-state index contributed by atoms with van der Waals surface area (Å²) in [6.07, 6.45) is 0. The van der Waals surface area contributed by atoms with Crippen molar-refractivity contribution < 1.29 is 38.5 Å². The van der Waals surface area contributed by atoms with E-state index in [0.29, 0.717) is 16.4 Å². The minimum absolute atomic E-state index is 0.490. The standard InChI is InChI=1S/C17H21NO8/c1-23-10-7-5-9(6-8-10)13-11(15(19)24-2)12(16(20)25-3)14(18(13)22)17(21)26-4/h5-8,11-14,22H,1-4H3/t11-,12-,13+,14-/m0/s1. The van der Waals surface area contributed by atoms with Gasteiger partial charge in [0.1, 0.15) is 17.7 Å². The molecule has 9 nitrogen and oxygen atoms in total. The van der Waals surface area contributed by atoms with Crippen molar-refractivity contribution in [1.29, 1.82) is 0 Å². The number of rotatable bonds is 5. The largest absolute Gasteiger partial charge is 0.497 e. The molecule has 1 aliphatic rings. The predicted molar refractivity (Wildman–Crippen MR) is 86.2 cm³/mol. The predicted octanol–water partition coefficient (Wildman–Crippen LogP) is 0.561. The molecule has 142 valence electrons. The summed E-state index contributed by atoms with van der Waals surface area (Å²) in [7, 11) is 4.92. The van der Waals surface area contributed by atoms with Gasteiger partial charge in [-0.05, 0) is 17.7 Å². The number of carbonyl (C=O) groups excluding carboxylic acids is 3. The van der Waals surface area contributed by atoms with E-state index in [0.717, 1.165) is 21.3 Å². The van der Waals surface area contributed by atoms with Gasteiger partial charge in [0.2, 0.25) is 0 Å². The molecule has 4 atom stereocenters. The molecule has 1 aliphatic heterocycles. The van der Waals surface area contributed by atoms with Gasteiger partial charge in [0.05, 0.1) is 40.4 Å². The minimum Gasteiger partial charge on any atom is -0.497 e. The number of hydroxylamine groups is 2. The highest BCUT2D eigenvalue weighted by Crippen LogP contribution is 2.45. The van der Waals surface area contributed by atoms with Crippen LogP contribution in [-0.2, 0) is 28.6 Å². The van der Waals surface area contributed by atoms with Crippen molar-refractivity contribution in [3.63, 3.8) is 0 Å². The Bertz CT molecular complexity index is 674. The quantitative estimate of drug-likeness (QED) is 0.589. The van der Waals surface area contributed by atoms with Crippen LogP contribution in [0.2, 0.25) is 0 Å². The third-order valence-corrected chi connectivity index (χ3v) is 4.48. The molecule has 1 aromatic rings. The monoisotopic (exact) mass is 367 g/mol. The molecule has 9 heteroatoms. The lowest BCUT2D eigenvalue weighted by atomic mass is 9.84. The Morgan fingerprint density at radius 2 is 1.35 bits per heavy atom. The molecule has 0 bridgehead atoms. The van der Waals surface area contributed by atoms with Crippen LogP contribution in [0.4, 0.5) is 0 Å². The molecule has 1 N–H and O–H groups in total. The molecule has 1 saturated heterocycles. The summed E-state index contributed by atoms with van der Waals surface area (Å²) in [5.74, 6) is -4.35. The van der Waals surface area contributed by atoms with Crippen LogP contribution in [0, 0.1) is 11.8 Å². The SMILES string of the molecule is COC(=O)[C@H]1[C@H](C(=O)OC)[C@@H](c2ccc(OC)cc2)N(O)[C@@H]1C(=O)OC. The van der Waals surface area contributed by atoms with Crippen LogP contribution in [0.15, 0.2) is 24.3 Å². The summed E-state index contributed by atoms with van der Waals surface area (Å²) >= 11 is 0. The van der Waals surface area contributed by atoms with Crippen LogP contribution in [-0.4, -0.2) is 62.7 Å². The molecular weight excluding hydrogens is 346 g/mol. The average Bonchev–Trinajstić information content (AvgIpc) is 2.99. The number of benzene rings is 1. The molecule has 0 radical (unpaired) electrons. The zero-order valence-electron chi connectivity index (χ0n) is 14.9. The Hall–Kier alpha value is -2.65. The molecule has 0 unspecified atom stereocenters. The molecule has 26 heavy (non-hydrogen) atoms. The van der Waals surface area contributed by atoms with E-state index >= 15 is 0 Å². The fourth-order valence-corrected chi connectivity index (χ4v) is 3.25. The summed E-state index contributed by atoms with van der Waals surface area (Å²) < 4.78 is 19.3. The minimum atomic E-state index is -1.41. The van der Waals surface area contributed by atoms with Crippen molar-refractivity contribution in [2.45, 2.75) is 12.1 Å². The zero-order valence-corrected chi connectivity index (χ0v) is 14.9. The van der Waals surface area contributed by atoms with Gasteiger partial charge in [0, 0.05) is 0 Å². The number of methoxy groups -OCH3 is 4. The maximum absolute atomic E-state index is 12.4. The Kier molecular flexibility index (Phi) is 6.17. The molecule has 0 spiro atoms. The topological polar surface area (TPSA) is 112 Å². The van der Waals surface area contributed by atoms with E-state index in [-0.39, 0.29) is 0 Å². The molecule has 0 saturated carbocycles. The normalized spacial score (nSPS) is 25.4. The number of hydrogen-bond acceptors (Lipinski definition) is 9. The fourth-order valence-electron chi connectivity index (χ4n) is 3.25. The highest BCUT2D eigenvalue weighted by atomic mass is 16.6. The van der Waals surface area contributed by atoms with Crippen molar-refractivity contribution in [2.75, 3.05) is 28.4 Å². The van der Waals surface area contributed by atoms with E-state index in [1.807, 2.05) is 0 Å². The van der Waals surface area contributed by atoms with Gasteiger partial charge in [-0.15, -0.1) is 0 Å². The van der Waals surface area contributed by atoms with Crippen LogP contribution >= 0.6 is 0 Å². The van der Waals surface area contributed by atoms with Gasteiger partial charge >= 0.3 is 17.9 Å². The second-order valence-electron chi connectivity index (χ2n) is 5.66. The second kappa shape index (κ2) is 8.15. The summed E-state index contributed by atoms with van der Waals surface area (Å²) in [5.41, 5.74) is 0.490. The molecule has 0 amide bonds. The summed E-state index contributed by atoms with van der Waals surface area (Å²) in [6, 6.07) is 4.09. The van der Waals surface area contributed by atoms with Crippen LogP contribution in [0.5, 0.6) is 5.75 Å². The molecule has 0 aliphatic carbocycles. The Balaban J connectivity index is 2.57. The number of hydrogen-bond donors (Lipinski definition) is 1. The van der Waals surface area contributed by atoms with Gasteiger partial charge in [-0.2, -0.15) is 5.06 Å². The molecular formula is C17H21NO8. The molecule has 0 aromatic heterocycles. The van der Waals surface area contributed by atoms with E-state index in [2.05, 4.69) is 0 Å². The van der Waals surface area contributed by atoms with Crippen molar-refractivity contribution >= 4 is 17.9 Å². The maximum Gasteiger partial charge on any atom is 0.326 e. The third-order valence-electron chi connectivity index (χ3n) is 4.48. The van der Waals surface area contributed by atoms with Crippen LogP contribution < -0.4 is 4.74 Å². The zero-order chi connectivity index (χ0) is 19.4. The molecule has 1 heterocycles. The average molecular weight is 367 g/mol. The van der Waals surface area contributed by atoms with Crippen LogP contribution in [0.1, 0.15) is 11.6 Å². The Labute approximate surface area is 150 Å². The van der Waals surface area contributed by atoms with Gasteiger partial charge < -0.3 is 24.2 Å². The molecule has 1 aromatic carbocycles. The van der Waals surface area contributed by atoms with Gasteiger partial charge in [0.15, 0.2) is 0 Å². The third kappa shape index (κ3) is 3.35. The first-order chi connectivity index (χ1) is 12.4. The van der Waals surface area contributed by atoms with Crippen molar-refractivity contribution in [3.8, 4) is 5.75 Å².